The van der Waals surface area contributed by atoms with Crippen LogP contribution in [0.3, 0.4) is 0 Å². The Morgan fingerprint density at radius 2 is 1.65 bits per heavy atom. The van der Waals surface area contributed by atoms with E-state index >= 15 is 0 Å². The van der Waals surface area contributed by atoms with Gasteiger partial charge in [-0.25, -0.2) is 0 Å². The van der Waals surface area contributed by atoms with E-state index in [0.29, 0.717) is 35.1 Å². The molecule has 174 valence electrons. The number of nitrogens with one attached hydrogen (secondary N) is 1. The van der Waals surface area contributed by atoms with Crippen molar-refractivity contribution in [3.8, 4) is 23.3 Å². The van der Waals surface area contributed by atoms with Crippen LogP contribution in [0.2, 0.25) is 0 Å². The van der Waals surface area contributed by atoms with Gasteiger partial charge < -0.3 is 14.2 Å². The molecule has 31 heavy (non-hydrogen) atoms. The summed E-state index contributed by atoms with van der Waals surface area (Å²) in [5.41, 5.74) is 4.52. The third-order valence-electron chi connectivity index (χ3n) is 6.44. The van der Waals surface area contributed by atoms with E-state index in [1.807, 2.05) is 12.1 Å². The Morgan fingerprint density at radius 1 is 1.00 bits per heavy atom. The monoisotopic (exact) mass is 431 g/mol. The summed E-state index contributed by atoms with van der Waals surface area (Å²) >= 11 is 0. The maximum atomic E-state index is 5.47. The second-order valence-corrected chi connectivity index (χ2v) is 9.29. The molecule has 5 nitrogen and oxygen atoms in total. The molecule has 0 amide bonds. The maximum Gasteiger partial charge on any atom is 0.322 e. The van der Waals surface area contributed by atoms with Gasteiger partial charge in [0, 0.05) is 0 Å². The van der Waals surface area contributed by atoms with Gasteiger partial charge in [-0.05, 0) is 62.1 Å². The zero-order valence-electron chi connectivity index (χ0n) is 20.5. The molecule has 2 atom stereocenters. The lowest BCUT2D eigenvalue weighted by molar-refractivity contribution is 0.313. The first-order valence-electron chi connectivity index (χ1n) is 12.0. The molecule has 1 fully saturated rings. The van der Waals surface area contributed by atoms with Gasteiger partial charge in [0.05, 0.1) is 38.2 Å². The average molecular weight is 432 g/mol. The van der Waals surface area contributed by atoms with Crippen LogP contribution in [0.15, 0.2) is 12.1 Å². The zero-order chi connectivity index (χ0) is 22.6. The Bertz CT molecular complexity index is 692. The van der Waals surface area contributed by atoms with Gasteiger partial charge in [0.2, 0.25) is 5.75 Å². The third kappa shape index (κ3) is 8.16. The summed E-state index contributed by atoms with van der Waals surface area (Å²) in [4.78, 5) is 4.50. The molecule has 0 aromatic heterocycles. The number of hydrogen-bond donors (Lipinski definition) is 1. The van der Waals surface area contributed by atoms with Crippen molar-refractivity contribution in [1.29, 1.82) is 0 Å². The van der Waals surface area contributed by atoms with E-state index in [1.54, 1.807) is 21.3 Å². The molecule has 5 heteroatoms. The summed E-state index contributed by atoms with van der Waals surface area (Å²) in [6.07, 6.45) is 11.3. The minimum Gasteiger partial charge on any atom is -0.493 e. The highest BCUT2D eigenvalue weighted by molar-refractivity contribution is 5.53. The second-order valence-electron chi connectivity index (χ2n) is 9.29. The first kappa shape index (κ1) is 25.2. The largest absolute Gasteiger partial charge is 0.493 e. The van der Waals surface area contributed by atoms with Gasteiger partial charge in [-0.2, -0.15) is 0 Å². The van der Waals surface area contributed by atoms with Crippen molar-refractivity contribution in [2.24, 2.45) is 17.8 Å². The van der Waals surface area contributed by atoms with Gasteiger partial charge in [0.15, 0.2) is 11.5 Å². The third-order valence-corrected chi connectivity index (χ3v) is 6.44. The first-order valence-corrected chi connectivity index (χ1v) is 12.0. The van der Waals surface area contributed by atoms with E-state index in [9.17, 15) is 0 Å². The molecule has 0 bridgehead atoms. The Balaban J connectivity index is 1.87. The molecular formula is C26H43N2O3+. The number of ether oxygens (including phenoxy) is 3. The Kier molecular flexibility index (Phi) is 10.8. The average Bonchev–Trinajstić information content (AvgIpc) is 2.77. The van der Waals surface area contributed by atoms with Gasteiger partial charge in [-0.1, -0.05) is 51.4 Å². The summed E-state index contributed by atoms with van der Waals surface area (Å²) < 4.78 is 16.4. The molecule has 1 aliphatic rings. The van der Waals surface area contributed by atoms with E-state index in [0.717, 1.165) is 25.2 Å². The highest BCUT2D eigenvalue weighted by Gasteiger charge is 2.20. The molecule has 1 aliphatic carbocycles. The molecule has 0 heterocycles. The number of hydrogen-bond acceptors (Lipinski definition) is 4. The fourth-order valence-electron chi connectivity index (χ4n) is 4.56. The number of nitrogens with zero attached hydrogens (tertiary/aromatic N) is 1. The molecule has 1 aromatic carbocycles. The van der Waals surface area contributed by atoms with E-state index < -0.39 is 0 Å². The minimum atomic E-state index is 0.344. The lowest BCUT2D eigenvalue weighted by Gasteiger charge is -2.22. The van der Waals surface area contributed by atoms with Crippen LogP contribution in [-0.4, -0.2) is 27.4 Å². The van der Waals surface area contributed by atoms with Crippen molar-refractivity contribution >= 4 is 0 Å². The van der Waals surface area contributed by atoms with Gasteiger partial charge >= 0.3 is 6.07 Å². The van der Waals surface area contributed by atoms with Crippen LogP contribution in [0.1, 0.15) is 77.7 Å². The van der Waals surface area contributed by atoms with Crippen LogP contribution in [0, 0.1) is 23.8 Å². The molecule has 0 spiro atoms. The highest BCUT2D eigenvalue weighted by atomic mass is 16.5. The maximum absolute atomic E-state index is 5.47. The molecule has 0 aliphatic heterocycles. The summed E-state index contributed by atoms with van der Waals surface area (Å²) in [5, 5.41) is 0. The van der Waals surface area contributed by atoms with Crippen molar-refractivity contribution in [2.45, 2.75) is 84.6 Å². The Morgan fingerprint density at radius 3 is 2.19 bits per heavy atom. The molecule has 0 saturated heterocycles. The highest BCUT2D eigenvalue weighted by Crippen LogP contribution is 2.38. The Labute approximate surface area is 189 Å². The van der Waals surface area contributed by atoms with E-state index in [1.165, 1.54) is 44.1 Å². The predicted octanol–water partition coefficient (Wildman–Crippen LogP) is 6.50. The van der Waals surface area contributed by atoms with Gasteiger partial charge in [0.1, 0.15) is 0 Å². The van der Waals surface area contributed by atoms with Crippen LogP contribution >= 0.6 is 0 Å². The van der Waals surface area contributed by atoms with Gasteiger partial charge in [0.25, 0.3) is 0 Å². The summed E-state index contributed by atoms with van der Waals surface area (Å²) in [6.45, 7) is 6.74. The van der Waals surface area contributed by atoms with Crippen LogP contribution in [0.25, 0.3) is 4.95 Å². The SMILES string of the molecule is COc1cc(CCCC(C#[N+]NC(C)CC2CCCCC2)C(C)C)cc(OC)c1OC. The number of aryl methyl sites for hydroxylation is 1. The minimum absolute atomic E-state index is 0.344. The number of methoxy groups -OCH3 is 3. The van der Waals surface area contributed by atoms with Crippen molar-refractivity contribution in [3.05, 3.63) is 22.7 Å². The van der Waals surface area contributed by atoms with Gasteiger partial charge in [-0.15, -0.1) is 0 Å². The van der Waals surface area contributed by atoms with Crippen LogP contribution in [0.4, 0.5) is 0 Å². The molecule has 1 N–H and O–H groups in total. The predicted molar refractivity (Wildman–Crippen MR) is 128 cm³/mol. The van der Waals surface area contributed by atoms with Gasteiger partial charge in [-0.3, -0.25) is 0 Å². The number of benzene rings is 1. The molecule has 1 aromatic rings. The summed E-state index contributed by atoms with van der Waals surface area (Å²) in [5.74, 6) is 3.78. The van der Waals surface area contributed by atoms with Crippen molar-refractivity contribution in [2.75, 3.05) is 21.3 Å². The zero-order valence-corrected chi connectivity index (χ0v) is 20.5. The second kappa shape index (κ2) is 13.3. The fraction of sp³-hybridized carbons (Fsp3) is 0.731. The van der Waals surface area contributed by atoms with Crippen molar-refractivity contribution in [1.82, 2.24) is 5.43 Å². The van der Waals surface area contributed by atoms with E-state index in [-0.39, 0.29) is 0 Å². The fourth-order valence-corrected chi connectivity index (χ4v) is 4.56. The van der Waals surface area contributed by atoms with Crippen molar-refractivity contribution < 1.29 is 14.2 Å². The summed E-state index contributed by atoms with van der Waals surface area (Å²) in [6, 6.07) is 7.88. The van der Waals surface area contributed by atoms with E-state index in [4.69, 9.17) is 14.2 Å². The lowest BCUT2D eigenvalue weighted by atomic mass is 9.85. The molecule has 1 saturated carbocycles. The van der Waals surface area contributed by atoms with Crippen molar-refractivity contribution in [3.63, 3.8) is 0 Å². The quantitative estimate of drug-likeness (QED) is 0.406. The Hall–Kier alpha value is -2.09. The standard InChI is InChI=1S/C26H43N2O3/c1-19(2)23(18-27-28-20(3)15-21-11-8-7-9-12-21)14-10-13-22-16-24(29-4)26(31-6)25(17-22)30-5/h16-17,19-21,23,28H,7-15H2,1-6H3/q+1. The molecule has 2 unspecified atom stereocenters. The summed E-state index contributed by atoms with van der Waals surface area (Å²) in [7, 11) is 4.94. The number of rotatable bonds is 11. The van der Waals surface area contributed by atoms with Crippen LogP contribution in [-0.2, 0) is 6.42 Å². The molecule has 0 radical (unpaired) electrons. The molecule has 2 rings (SSSR count). The lowest BCUT2D eigenvalue weighted by Crippen LogP contribution is -2.24. The van der Waals surface area contributed by atoms with Crippen LogP contribution in [0.5, 0.6) is 17.2 Å². The van der Waals surface area contributed by atoms with Crippen LogP contribution < -0.4 is 19.6 Å². The smallest absolute Gasteiger partial charge is 0.322 e. The first-order chi connectivity index (χ1) is 15.0. The molecular weight excluding hydrogens is 388 g/mol. The topological polar surface area (TPSA) is 44.1 Å². The van der Waals surface area contributed by atoms with E-state index in [2.05, 4.69) is 37.2 Å². The normalized spacial score (nSPS) is 16.2.